The van der Waals surface area contributed by atoms with Gasteiger partial charge in [0.2, 0.25) is 0 Å². The van der Waals surface area contributed by atoms with E-state index in [1.165, 1.54) is 0 Å². The summed E-state index contributed by atoms with van der Waals surface area (Å²) < 4.78 is 72.8. The third-order valence-corrected chi connectivity index (χ3v) is 14.0. The molecule has 25 heteroatoms. The van der Waals surface area contributed by atoms with Crippen molar-refractivity contribution in [3.05, 3.63) is 119 Å². The molecular weight excluding hydrogens is 1350 g/mol. The second kappa shape index (κ2) is 51.9. The van der Waals surface area contributed by atoms with Crippen LogP contribution >= 0.6 is 15.9 Å². The Morgan fingerprint density at radius 2 is 0.772 bits per heavy atom. The van der Waals surface area contributed by atoms with Gasteiger partial charge in [0.05, 0.1) is 35.4 Å². The van der Waals surface area contributed by atoms with Gasteiger partial charge in [0, 0.05) is 53.5 Å². The van der Waals surface area contributed by atoms with Gasteiger partial charge in [-0.05, 0) is 219 Å². The standard InChI is InChI=1S/C22H35NO5.C21H33NO5.C17H27NO4.C16H25NO4.H2P2S/c1-22(2,3)28-21(24)23(4)14-9-11-18-10-5-6-12-19(18)25-16-17-27-20-13-7-8-15-26-20;1-21(2,3)27-20(23)22-13-8-10-17-9-4-5-11-18(17)24-15-16-26-19-12-6-7-14-25-19;1-17(2,3)22-16(20)18(4)11-7-9-14-8-5-6-10-15(14)21-13-12-19;1-16(2,3)21-15(19)17-10-6-8-13-7-4-5-9-14(13)20-12-11-18;1-2-3/h5-6,10,12,20H,7-9,11,13-17H2,1-4H3;4-5,9,11,19H,6-8,10,12-16H2,1-3H3,(H,22,23);5-6,8,10,19H,7,9,11-13H2,1-4H3;4-5,7,9,18H,6,8,10-12H2,1-3H3,(H,17,19);1H2/p+1/i/hT. The molecule has 6 rings (SSSR count). The van der Waals surface area contributed by atoms with Crippen LogP contribution in [-0.4, -0.2) is 187 Å². The topological polar surface area (TPSA) is 250 Å². The average Bonchev–Trinajstić information content (AvgIpc) is 0.899. The molecule has 0 radical (unpaired) electrons. The number of hydrogen-bond donors (Lipinski definition) is 4. The SMILES string of the molecule is CC(C)(C)OC(=O)NCCCc1ccccc1OCCO.CC(C)(C)OC(=O)NCCCc1ccccc1OCCOC1CCCCO1.CN(CCCc1ccccc1OCCO)C(=O)OC(C)(C)C.CN(CCCc1ccccc1OCCOC1CCCCO1)C(=O)OC(C)(C)C.[3H][P+](P)=S. The van der Waals surface area contributed by atoms with E-state index >= 15 is 0 Å². The van der Waals surface area contributed by atoms with Gasteiger partial charge in [-0.15, -0.1) is 0 Å². The van der Waals surface area contributed by atoms with Crippen LogP contribution in [0.25, 0.3) is 0 Å². The Balaban J connectivity index is 0.000000457. The number of aliphatic hydroxyl groups is 2. The molecule has 570 valence electrons. The van der Waals surface area contributed by atoms with Crippen molar-refractivity contribution in [3.63, 3.8) is 0 Å². The van der Waals surface area contributed by atoms with Crippen molar-refractivity contribution in [2.24, 2.45) is 0 Å². The maximum atomic E-state index is 12.0. The zero-order valence-electron chi connectivity index (χ0n) is 63.9. The Labute approximate surface area is 613 Å². The maximum absolute atomic E-state index is 12.0. The van der Waals surface area contributed by atoms with Gasteiger partial charge < -0.3 is 87.5 Å². The van der Waals surface area contributed by atoms with E-state index in [-0.39, 0.29) is 57.3 Å². The van der Waals surface area contributed by atoms with E-state index in [4.69, 9.17) is 68.3 Å². The highest BCUT2D eigenvalue weighted by molar-refractivity contribution is 8.24. The molecule has 2 heterocycles. The van der Waals surface area contributed by atoms with E-state index < -0.39 is 35.5 Å². The summed E-state index contributed by atoms with van der Waals surface area (Å²) in [5.74, 6) is 3.30. The first kappa shape index (κ1) is 89.1. The van der Waals surface area contributed by atoms with E-state index in [9.17, 15) is 19.2 Å². The molecule has 2 saturated heterocycles. The van der Waals surface area contributed by atoms with Crippen molar-refractivity contribution in [3.8, 4) is 23.0 Å². The van der Waals surface area contributed by atoms with Gasteiger partial charge in [-0.25, -0.2) is 19.2 Å². The predicted octanol–water partition coefficient (Wildman–Crippen LogP) is 14.8. The molecule has 2 aliphatic heterocycles. The van der Waals surface area contributed by atoms with Crippen LogP contribution in [0.3, 0.4) is 0 Å². The van der Waals surface area contributed by atoms with Crippen LogP contribution in [0.5, 0.6) is 23.0 Å². The van der Waals surface area contributed by atoms with Crippen molar-refractivity contribution in [1.82, 2.24) is 20.4 Å². The molecule has 0 spiro atoms. The number of benzene rings is 4. The molecular formula is C76H123N4O18P2S+. The quantitative estimate of drug-likeness (QED) is 0.0201. The number of rotatable bonds is 32. The lowest BCUT2D eigenvalue weighted by atomic mass is 10.1. The largest absolute Gasteiger partial charge is 0.491 e. The van der Waals surface area contributed by atoms with Gasteiger partial charge in [-0.1, -0.05) is 72.8 Å². The maximum Gasteiger partial charge on any atom is 0.410 e. The van der Waals surface area contributed by atoms with Crippen LogP contribution in [0.4, 0.5) is 19.2 Å². The Kier molecular flexibility index (Phi) is 45.8. The van der Waals surface area contributed by atoms with Gasteiger partial charge in [-0.2, -0.15) is 0 Å². The Morgan fingerprint density at radius 3 is 1.05 bits per heavy atom. The lowest BCUT2D eigenvalue weighted by Gasteiger charge is -2.24. The van der Waals surface area contributed by atoms with Crippen molar-refractivity contribution in [2.75, 3.05) is 106 Å². The molecule has 0 aliphatic carbocycles. The first-order valence-corrected chi connectivity index (χ1v) is 38.8. The van der Waals surface area contributed by atoms with Gasteiger partial charge in [-0.3, -0.25) is 0 Å². The van der Waals surface area contributed by atoms with Crippen LogP contribution in [0.1, 0.15) is 170 Å². The van der Waals surface area contributed by atoms with E-state index in [2.05, 4.69) is 37.4 Å². The van der Waals surface area contributed by atoms with Crippen molar-refractivity contribution in [1.29, 1.82) is 1.28 Å². The zero-order chi connectivity index (χ0) is 75.8. The second-order valence-corrected chi connectivity index (χ2v) is 30.5. The Morgan fingerprint density at radius 1 is 0.485 bits per heavy atom. The smallest absolute Gasteiger partial charge is 0.410 e. The minimum Gasteiger partial charge on any atom is -0.491 e. The van der Waals surface area contributed by atoms with E-state index in [0.29, 0.717) is 52.6 Å². The highest BCUT2D eigenvalue weighted by Crippen LogP contribution is 2.25. The first-order valence-electron chi connectivity index (χ1n) is 35.8. The summed E-state index contributed by atoms with van der Waals surface area (Å²) in [7, 11) is 5.71. The molecule has 0 aromatic heterocycles. The van der Waals surface area contributed by atoms with E-state index in [1.54, 1.807) is 23.9 Å². The predicted molar refractivity (Wildman–Crippen MR) is 406 cm³/mol. The number of carbonyl (C=O) groups is 4. The molecule has 4 N–H and O–H groups in total. The summed E-state index contributed by atoms with van der Waals surface area (Å²) in [5, 5.41) is 23.2. The number of nitrogens with one attached hydrogen (secondary N) is 2. The van der Waals surface area contributed by atoms with Crippen molar-refractivity contribution in [2.45, 2.75) is 208 Å². The average molecular weight is 1480 g/mol. The molecule has 4 unspecified atom stereocenters. The van der Waals surface area contributed by atoms with Crippen LogP contribution in [0, 0.1) is 0 Å². The van der Waals surface area contributed by atoms with Crippen LogP contribution in [0.2, 0.25) is 0 Å². The summed E-state index contributed by atoms with van der Waals surface area (Å²) in [6.07, 6.45) is 11.4. The molecule has 22 nitrogen and oxygen atoms in total. The Hall–Kier alpha value is -6.13. The number of para-hydroxylation sites is 4. The molecule has 0 bridgehead atoms. The number of ether oxygens (including phenoxy) is 12. The summed E-state index contributed by atoms with van der Waals surface area (Å²) >= 11 is 4.31. The van der Waals surface area contributed by atoms with Crippen LogP contribution < -0.4 is 29.6 Å². The zero-order valence-corrected chi connectivity index (χ0v) is 65.8. The van der Waals surface area contributed by atoms with Gasteiger partial charge in [0.15, 0.2) is 31.4 Å². The third-order valence-electron chi connectivity index (χ3n) is 14.0. The fourth-order valence-corrected chi connectivity index (χ4v) is 9.51. The van der Waals surface area contributed by atoms with Crippen LogP contribution in [-0.2, 0) is 75.4 Å². The lowest BCUT2D eigenvalue weighted by molar-refractivity contribution is -0.165. The molecule has 4 atom stereocenters. The highest BCUT2D eigenvalue weighted by atomic mass is 32.6. The normalized spacial score (nSPS) is 14.6. The fourth-order valence-electron chi connectivity index (χ4n) is 9.51. The summed E-state index contributed by atoms with van der Waals surface area (Å²) in [5.41, 5.74) is 2.49. The first-order chi connectivity index (χ1) is 48.3. The fraction of sp³-hybridized carbons (Fsp3) is 0.632. The molecule has 101 heavy (non-hydrogen) atoms. The summed E-state index contributed by atoms with van der Waals surface area (Å²) in [6.45, 7) is 27.9. The molecule has 4 aromatic rings. The Bertz CT molecular complexity index is 2950. The van der Waals surface area contributed by atoms with E-state index in [0.717, 1.165) is 148 Å². The number of amides is 4. The monoisotopic (exact) mass is 1480 g/mol. The summed E-state index contributed by atoms with van der Waals surface area (Å²) in [4.78, 5) is 50.2. The van der Waals surface area contributed by atoms with Crippen molar-refractivity contribution < 1.29 is 86.2 Å². The van der Waals surface area contributed by atoms with Crippen LogP contribution in [0.15, 0.2) is 97.1 Å². The number of aryl methyl sites for hydroxylation is 4. The van der Waals surface area contributed by atoms with Crippen molar-refractivity contribution >= 4 is 52.1 Å². The number of alkyl carbamates (subject to hydrolysis) is 2. The number of nitrogens with zero attached hydrogens (tertiary/aromatic N) is 2. The lowest BCUT2D eigenvalue weighted by Crippen LogP contribution is -2.34. The third kappa shape index (κ3) is 47.0. The minimum absolute atomic E-state index is 0.00425. The number of hydrogen-bond acceptors (Lipinski definition) is 19. The number of aliphatic hydroxyl groups excluding tert-OH is 2. The summed E-state index contributed by atoms with van der Waals surface area (Å²) in [6, 6.07) is 31.5. The molecule has 2 aliphatic rings. The van der Waals surface area contributed by atoms with Gasteiger partial charge in [0.25, 0.3) is 0 Å². The molecule has 0 saturated carbocycles. The van der Waals surface area contributed by atoms with Gasteiger partial charge >= 0.3 is 25.7 Å². The number of carbonyl (C=O) groups excluding carboxylic acids is 4. The molecule has 2 fully saturated rings. The molecule has 4 amide bonds. The molecule has 4 aromatic carbocycles. The highest BCUT2D eigenvalue weighted by Gasteiger charge is 2.23. The van der Waals surface area contributed by atoms with E-state index in [1.807, 2.05) is 174 Å². The second-order valence-electron chi connectivity index (χ2n) is 27.8. The van der Waals surface area contributed by atoms with Gasteiger partial charge in [0.1, 0.15) is 71.8 Å². The minimum atomic E-state index is -0.870.